The molecule has 0 radical (unpaired) electrons. The fourth-order valence-corrected chi connectivity index (χ4v) is 7.95. The zero-order chi connectivity index (χ0) is 31.3. The van der Waals surface area contributed by atoms with Crippen LogP contribution in [0.1, 0.15) is 0 Å². The summed E-state index contributed by atoms with van der Waals surface area (Å²) in [5, 5.41) is 4.92. The van der Waals surface area contributed by atoms with Gasteiger partial charge < -0.3 is 4.57 Å². The van der Waals surface area contributed by atoms with Gasteiger partial charge in [0.2, 0.25) is 0 Å². The summed E-state index contributed by atoms with van der Waals surface area (Å²) in [6.07, 6.45) is 0. The average molecular weight is 611 g/mol. The summed E-state index contributed by atoms with van der Waals surface area (Å²) in [6.45, 7) is 0. The molecule has 11 rings (SSSR count). The Labute approximate surface area is 275 Å². The van der Waals surface area contributed by atoms with Crippen LogP contribution in [0.5, 0.6) is 0 Å². The van der Waals surface area contributed by atoms with E-state index in [1.54, 1.807) is 0 Å². The SMILES string of the molecule is c1ccc(-n2c3ccccc3c3ccc(-c4cc5c6c(c4)c4ccccc4n6-c4nc6ccccc6nc4-c4ccccc4-5)cc32)cc1. The quantitative estimate of drug-likeness (QED) is 0.195. The van der Waals surface area contributed by atoms with E-state index in [4.69, 9.17) is 9.97 Å². The molecule has 10 aromatic rings. The molecule has 0 fully saturated rings. The first-order valence-corrected chi connectivity index (χ1v) is 16.3. The Morgan fingerprint density at radius 2 is 1.00 bits per heavy atom. The van der Waals surface area contributed by atoms with E-state index in [-0.39, 0.29) is 0 Å². The molecule has 0 amide bonds. The van der Waals surface area contributed by atoms with E-state index in [1.165, 1.54) is 49.3 Å². The van der Waals surface area contributed by atoms with Crippen molar-refractivity contribution in [1.82, 2.24) is 19.1 Å². The monoisotopic (exact) mass is 610 g/mol. The van der Waals surface area contributed by atoms with Crippen molar-refractivity contribution in [3.63, 3.8) is 0 Å². The molecule has 0 spiro atoms. The minimum absolute atomic E-state index is 0.868. The van der Waals surface area contributed by atoms with Crippen LogP contribution in [0, 0.1) is 0 Å². The van der Waals surface area contributed by atoms with Gasteiger partial charge in [-0.2, -0.15) is 0 Å². The molecule has 0 atom stereocenters. The Balaban J connectivity index is 1.26. The first-order chi connectivity index (χ1) is 23.8. The molecule has 48 heavy (non-hydrogen) atoms. The van der Waals surface area contributed by atoms with Crippen molar-refractivity contribution in [3.8, 4) is 45.0 Å². The summed E-state index contributed by atoms with van der Waals surface area (Å²) in [5.41, 5.74) is 14.3. The smallest absolute Gasteiger partial charge is 0.165 e. The van der Waals surface area contributed by atoms with E-state index in [1.807, 2.05) is 12.1 Å². The predicted octanol–water partition coefficient (Wildman–Crippen LogP) is 11.1. The van der Waals surface area contributed by atoms with Crippen LogP contribution in [-0.2, 0) is 0 Å². The molecule has 3 aromatic heterocycles. The first-order valence-electron chi connectivity index (χ1n) is 16.3. The van der Waals surface area contributed by atoms with Crippen LogP contribution in [0.3, 0.4) is 0 Å². The van der Waals surface area contributed by atoms with Crippen molar-refractivity contribution >= 4 is 54.6 Å². The number of benzene rings is 7. The first kappa shape index (κ1) is 25.6. The molecule has 0 unspecified atom stereocenters. The largest absolute Gasteiger partial charge is 0.309 e. The molecule has 0 aliphatic carbocycles. The van der Waals surface area contributed by atoms with Gasteiger partial charge in [0.15, 0.2) is 5.82 Å². The van der Waals surface area contributed by atoms with Crippen molar-refractivity contribution in [1.29, 1.82) is 0 Å². The Bertz CT molecular complexity index is 2950. The van der Waals surface area contributed by atoms with Gasteiger partial charge in [0.25, 0.3) is 0 Å². The maximum absolute atomic E-state index is 5.29. The Morgan fingerprint density at radius 3 is 1.81 bits per heavy atom. The molecule has 7 aromatic carbocycles. The molecule has 1 aliphatic rings. The van der Waals surface area contributed by atoms with Gasteiger partial charge in [-0.1, -0.05) is 103 Å². The van der Waals surface area contributed by atoms with Gasteiger partial charge >= 0.3 is 0 Å². The normalized spacial score (nSPS) is 12.2. The van der Waals surface area contributed by atoms with Crippen LogP contribution in [0.25, 0.3) is 99.7 Å². The highest BCUT2D eigenvalue weighted by Gasteiger charge is 2.27. The Kier molecular flexibility index (Phi) is 5.08. The summed E-state index contributed by atoms with van der Waals surface area (Å²) in [5.74, 6) is 0.868. The third kappa shape index (κ3) is 3.43. The maximum atomic E-state index is 5.29. The van der Waals surface area contributed by atoms with Crippen LogP contribution in [0.2, 0.25) is 0 Å². The summed E-state index contributed by atoms with van der Waals surface area (Å²) >= 11 is 0. The molecule has 0 bridgehead atoms. The van der Waals surface area contributed by atoms with Crippen LogP contribution >= 0.6 is 0 Å². The lowest BCUT2D eigenvalue weighted by Gasteiger charge is -2.12. The molecule has 4 nitrogen and oxygen atoms in total. The highest BCUT2D eigenvalue weighted by molar-refractivity contribution is 6.18. The third-order valence-electron chi connectivity index (χ3n) is 10.0. The summed E-state index contributed by atoms with van der Waals surface area (Å²) < 4.78 is 4.73. The van der Waals surface area contributed by atoms with E-state index >= 15 is 0 Å². The molecule has 1 aliphatic heterocycles. The zero-order valence-electron chi connectivity index (χ0n) is 25.8. The summed E-state index contributed by atoms with van der Waals surface area (Å²) in [4.78, 5) is 10.6. The van der Waals surface area contributed by atoms with Crippen molar-refractivity contribution in [2.45, 2.75) is 0 Å². The van der Waals surface area contributed by atoms with E-state index in [0.29, 0.717) is 0 Å². The van der Waals surface area contributed by atoms with E-state index < -0.39 is 0 Å². The fraction of sp³-hybridized carbons (Fsp3) is 0. The molecule has 0 saturated heterocycles. The lowest BCUT2D eigenvalue weighted by atomic mass is 9.92. The number of fused-ring (bicyclic) bond motifs is 12. The standard InChI is InChI=1S/C44H26N4/c1-2-12-29(13-3-1)47-39-20-10-6-15-31(39)33-23-22-27(26-41(33)47)28-24-35-30-14-4-5-17-34(30)42-44(46-38-19-9-8-18-37(38)45-42)48-40-21-11-7-16-32(40)36(25-28)43(35)48/h1-26H. The molecule has 0 saturated carbocycles. The van der Waals surface area contributed by atoms with Gasteiger partial charge in [0.05, 0.1) is 33.1 Å². The number of rotatable bonds is 2. The van der Waals surface area contributed by atoms with Gasteiger partial charge in [-0.25, -0.2) is 9.97 Å². The van der Waals surface area contributed by atoms with E-state index in [2.05, 4.69) is 155 Å². The second-order valence-electron chi connectivity index (χ2n) is 12.6. The Morgan fingerprint density at radius 1 is 0.375 bits per heavy atom. The van der Waals surface area contributed by atoms with Crippen LogP contribution < -0.4 is 0 Å². The van der Waals surface area contributed by atoms with Crippen molar-refractivity contribution in [3.05, 3.63) is 158 Å². The minimum atomic E-state index is 0.868. The number of hydrogen-bond donors (Lipinski definition) is 0. The summed E-state index contributed by atoms with van der Waals surface area (Å²) in [6, 6.07) is 56.6. The third-order valence-corrected chi connectivity index (χ3v) is 10.0. The number of para-hydroxylation sites is 5. The van der Waals surface area contributed by atoms with Gasteiger partial charge in [-0.15, -0.1) is 0 Å². The predicted molar refractivity (Wildman–Crippen MR) is 198 cm³/mol. The van der Waals surface area contributed by atoms with Gasteiger partial charge in [-0.3, -0.25) is 4.57 Å². The Hall–Kier alpha value is -6.52. The minimum Gasteiger partial charge on any atom is -0.309 e. The van der Waals surface area contributed by atoms with Gasteiger partial charge in [0, 0.05) is 38.4 Å². The zero-order valence-corrected chi connectivity index (χ0v) is 25.8. The number of hydrogen-bond acceptors (Lipinski definition) is 2. The topological polar surface area (TPSA) is 35.6 Å². The van der Waals surface area contributed by atoms with Crippen LogP contribution in [0.15, 0.2) is 158 Å². The molecular formula is C44H26N4. The van der Waals surface area contributed by atoms with Crippen molar-refractivity contribution < 1.29 is 0 Å². The van der Waals surface area contributed by atoms with Gasteiger partial charge in [0.1, 0.15) is 5.69 Å². The van der Waals surface area contributed by atoms with Gasteiger partial charge in [-0.05, 0) is 71.3 Å². The fourth-order valence-electron chi connectivity index (χ4n) is 7.95. The second-order valence-corrected chi connectivity index (χ2v) is 12.6. The van der Waals surface area contributed by atoms with Crippen molar-refractivity contribution in [2.24, 2.45) is 0 Å². The highest BCUT2D eigenvalue weighted by atomic mass is 15.1. The maximum Gasteiger partial charge on any atom is 0.165 e. The molecule has 4 heterocycles. The number of nitrogens with zero attached hydrogens (tertiary/aromatic N) is 4. The lowest BCUT2D eigenvalue weighted by Crippen LogP contribution is -2.02. The average Bonchev–Trinajstić information content (AvgIpc) is 3.63. The van der Waals surface area contributed by atoms with Crippen LogP contribution in [-0.4, -0.2) is 19.1 Å². The molecule has 0 N–H and O–H groups in total. The number of aromatic nitrogens is 4. The second kappa shape index (κ2) is 9.50. The van der Waals surface area contributed by atoms with E-state index in [9.17, 15) is 0 Å². The molecular weight excluding hydrogens is 585 g/mol. The van der Waals surface area contributed by atoms with Crippen molar-refractivity contribution in [2.75, 3.05) is 0 Å². The van der Waals surface area contributed by atoms with E-state index in [0.717, 1.165) is 50.4 Å². The molecule has 4 heteroatoms. The van der Waals surface area contributed by atoms with Crippen LogP contribution in [0.4, 0.5) is 0 Å². The highest BCUT2D eigenvalue weighted by Crippen LogP contribution is 2.48. The molecule has 222 valence electrons. The summed E-state index contributed by atoms with van der Waals surface area (Å²) in [7, 11) is 0. The lowest BCUT2D eigenvalue weighted by molar-refractivity contribution is 1.09.